The maximum Gasteiger partial charge on any atom is 0.0123 e. The van der Waals surface area contributed by atoms with Gasteiger partial charge in [-0.3, -0.25) is 0 Å². The zero-order chi connectivity index (χ0) is 5.70. The van der Waals surface area contributed by atoms with Gasteiger partial charge in [-0.2, -0.15) is 0 Å². The Labute approximate surface area is 59.2 Å². The van der Waals surface area contributed by atoms with Crippen LogP contribution in [0, 0.1) is 0 Å². The minimum atomic E-state index is 1.17. The zero-order valence-corrected chi connectivity index (χ0v) is 7.10. The molecule has 0 fully saturated rings. The molecule has 7 heavy (non-hydrogen) atoms. The SMILES string of the molecule is CCN(C)CCI. The number of hydrogen-bond acceptors (Lipinski definition) is 1. The highest BCUT2D eigenvalue weighted by atomic mass is 127. The summed E-state index contributed by atoms with van der Waals surface area (Å²) in [6.07, 6.45) is 0. The highest BCUT2D eigenvalue weighted by molar-refractivity contribution is 14.1. The van der Waals surface area contributed by atoms with Crippen LogP contribution in [0.4, 0.5) is 0 Å². The molecular formula is C5H12IN. The van der Waals surface area contributed by atoms with E-state index in [0.717, 1.165) is 0 Å². The number of halogens is 1. The summed E-state index contributed by atoms with van der Waals surface area (Å²) < 4.78 is 1.24. The molecule has 0 heterocycles. The molecule has 0 aromatic heterocycles. The molecule has 44 valence electrons. The van der Waals surface area contributed by atoms with Gasteiger partial charge in [-0.25, -0.2) is 0 Å². The summed E-state index contributed by atoms with van der Waals surface area (Å²) in [4.78, 5) is 2.30. The van der Waals surface area contributed by atoms with E-state index < -0.39 is 0 Å². The standard InChI is InChI=1S/C5H12IN/c1-3-7(2)5-4-6/h3-5H2,1-2H3. The topological polar surface area (TPSA) is 3.24 Å². The van der Waals surface area contributed by atoms with Gasteiger partial charge in [0.05, 0.1) is 0 Å². The van der Waals surface area contributed by atoms with Gasteiger partial charge in [0.2, 0.25) is 0 Å². The maximum absolute atomic E-state index is 2.38. The van der Waals surface area contributed by atoms with Crippen molar-refractivity contribution in [3.63, 3.8) is 0 Å². The molecule has 0 amide bonds. The summed E-state index contributed by atoms with van der Waals surface area (Å²) in [7, 11) is 2.14. The van der Waals surface area contributed by atoms with Crippen LogP contribution in [-0.4, -0.2) is 29.5 Å². The summed E-state index contributed by atoms with van der Waals surface area (Å²) in [6.45, 7) is 4.56. The normalized spacial score (nSPS) is 10.3. The van der Waals surface area contributed by atoms with Crippen LogP contribution >= 0.6 is 22.6 Å². The molecule has 0 aliphatic rings. The number of rotatable bonds is 3. The van der Waals surface area contributed by atoms with Gasteiger partial charge in [0.1, 0.15) is 0 Å². The molecule has 0 rings (SSSR count). The van der Waals surface area contributed by atoms with Crippen molar-refractivity contribution in [2.24, 2.45) is 0 Å². The van der Waals surface area contributed by atoms with Gasteiger partial charge in [0.15, 0.2) is 0 Å². The molecule has 0 saturated heterocycles. The second kappa shape index (κ2) is 4.84. The first kappa shape index (κ1) is 7.69. The highest BCUT2D eigenvalue weighted by Crippen LogP contribution is 1.84. The molecule has 0 radical (unpaired) electrons. The second-order valence-electron chi connectivity index (χ2n) is 1.58. The summed E-state index contributed by atoms with van der Waals surface area (Å²) in [5, 5.41) is 0. The van der Waals surface area contributed by atoms with E-state index in [1.54, 1.807) is 0 Å². The summed E-state index contributed by atoms with van der Waals surface area (Å²) in [6, 6.07) is 0. The number of nitrogens with zero attached hydrogens (tertiary/aromatic N) is 1. The number of hydrogen-bond donors (Lipinski definition) is 0. The fourth-order valence-electron chi connectivity index (χ4n) is 0.302. The van der Waals surface area contributed by atoms with Gasteiger partial charge in [-0.1, -0.05) is 29.5 Å². The first-order valence-electron chi connectivity index (χ1n) is 2.55. The molecule has 0 aromatic carbocycles. The minimum Gasteiger partial charge on any atom is -0.306 e. The van der Waals surface area contributed by atoms with Crippen molar-refractivity contribution in [2.75, 3.05) is 24.6 Å². The highest BCUT2D eigenvalue weighted by Gasteiger charge is 1.87. The third kappa shape index (κ3) is 4.55. The number of alkyl halides is 1. The Morgan fingerprint density at radius 3 is 2.29 bits per heavy atom. The summed E-state index contributed by atoms with van der Waals surface area (Å²) in [5.41, 5.74) is 0. The Bertz CT molecular complexity index is 39.1. The van der Waals surface area contributed by atoms with Crippen molar-refractivity contribution in [2.45, 2.75) is 6.92 Å². The third-order valence-corrected chi connectivity index (χ3v) is 1.49. The predicted octanol–water partition coefficient (Wildman–Crippen LogP) is 1.37. The van der Waals surface area contributed by atoms with E-state index in [9.17, 15) is 0 Å². The monoisotopic (exact) mass is 213 g/mol. The van der Waals surface area contributed by atoms with Crippen LogP contribution in [0.25, 0.3) is 0 Å². The Morgan fingerprint density at radius 2 is 2.14 bits per heavy atom. The van der Waals surface area contributed by atoms with Crippen LogP contribution < -0.4 is 0 Å². The van der Waals surface area contributed by atoms with E-state index in [1.807, 2.05) is 0 Å². The summed E-state index contributed by atoms with van der Waals surface area (Å²) in [5.74, 6) is 0. The van der Waals surface area contributed by atoms with Crippen molar-refractivity contribution in [3.05, 3.63) is 0 Å². The lowest BCUT2D eigenvalue weighted by Crippen LogP contribution is -2.19. The van der Waals surface area contributed by atoms with Gasteiger partial charge in [0.25, 0.3) is 0 Å². The average Bonchev–Trinajstić information content (AvgIpc) is 1.68. The smallest absolute Gasteiger partial charge is 0.0123 e. The van der Waals surface area contributed by atoms with Crippen molar-refractivity contribution >= 4 is 22.6 Å². The second-order valence-corrected chi connectivity index (χ2v) is 2.66. The molecule has 0 atom stereocenters. The first-order chi connectivity index (χ1) is 3.31. The molecule has 0 bridgehead atoms. The fraction of sp³-hybridized carbons (Fsp3) is 1.00. The Balaban J connectivity index is 2.83. The molecule has 0 N–H and O–H groups in total. The Morgan fingerprint density at radius 1 is 1.57 bits per heavy atom. The molecule has 0 unspecified atom stereocenters. The quantitative estimate of drug-likeness (QED) is 0.505. The van der Waals surface area contributed by atoms with Crippen LogP contribution in [0.3, 0.4) is 0 Å². The van der Waals surface area contributed by atoms with Crippen LogP contribution in [0.15, 0.2) is 0 Å². The maximum atomic E-state index is 2.38. The van der Waals surface area contributed by atoms with E-state index in [2.05, 4.69) is 41.5 Å². The van der Waals surface area contributed by atoms with Gasteiger partial charge < -0.3 is 4.90 Å². The van der Waals surface area contributed by atoms with Crippen LogP contribution in [0.1, 0.15) is 6.92 Å². The van der Waals surface area contributed by atoms with Crippen molar-refractivity contribution in [1.82, 2.24) is 4.90 Å². The lowest BCUT2D eigenvalue weighted by atomic mass is 10.6. The van der Waals surface area contributed by atoms with Gasteiger partial charge in [-0.05, 0) is 13.6 Å². The molecule has 2 heteroatoms. The third-order valence-electron chi connectivity index (χ3n) is 1.01. The minimum absolute atomic E-state index is 1.17. The van der Waals surface area contributed by atoms with Crippen molar-refractivity contribution < 1.29 is 0 Å². The van der Waals surface area contributed by atoms with Crippen LogP contribution in [0.5, 0.6) is 0 Å². The predicted molar refractivity (Wildman–Crippen MR) is 42.1 cm³/mol. The van der Waals surface area contributed by atoms with E-state index >= 15 is 0 Å². The van der Waals surface area contributed by atoms with Gasteiger partial charge in [-0.15, -0.1) is 0 Å². The molecule has 0 spiro atoms. The molecular weight excluding hydrogens is 201 g/mol. The van der Waals surface area contributed by atoms with Crippen molar-refractivity contribution in [3.8, 4) is 0 Å². The van der Waals surface area contributed by atoms with Crippen LogP contribution in [0.2, 0.25) is 0 Å². The lowest BCUT2D eigenvalue weighted by molar-refractivity contribution is 0.379. The van der Waals surface area contributed by atoms with Crippen LogP contribution in [-0.2, 0) is 0 Å². The fourth-order valence-corrected chi connectivity index (χ4v) is 1.13. The molecule has 0 aliphatic carbocycles. The molecule has 0 aromatic rings. The van der Waals surface area contributed by atoms with E-state index in [-0.39, 0.29) is 0 Å². The van der Waals surface area contributed by atoms with E-state index in [4.69, 9.17) is 0 Å². The lowest BCUT2D eigenvalue weighted by Gasteiger charge is -2.09. The first-order valence-corrected chi connectivity index (χ1v) is 4.08. The van der Waals surface area contributed by atoms with Gasteiger partial charge >= 0.3 is 0 Å². The van der Waals surface area contributed by atoms with E-state index in [1.165, 1.54) is 17.5 Å². The van der Waals surface area contributed by atoms with E-state index in [0.29, 0.717) is 0 Å². The zero-order valence-electron chi connectivity index (χ0n) is 4.95. The average molecular weight is 213 g/mol. The summed E-state index contributed by atoms with van der Waals surface area (Å²) >= 11 is 2.38. The Hall–Kier alpha value is 0.690. The van der Waals surface area contributed by atoms with Crippen molar-refractivity contribution in [1.29, 1.82) is 0 Å². The largest absolute Gasteiger partial charge is 0.306 e. The van der Waals surface area contributed by atoms with Gasteiger partial charge in [0, 0.05) is 11.0 Å². The Kier molecular flexibility index (Phi) is 5.32. The molecule has 0 aliphatic heterocycles. The molecule has 1 nitrogen and oxygen atoms in total. The molecule has 0 saturated carbocycles.